The first-order valence-corrected chi connectivity index (χ1v) is 13.0. The molecule has 0 bridgehead atoms. The second-order valence-corrected chi connectivity index (χ2v) is 11.0. The van der Waals surface area contributed by atoms with Crippen LogP contribution in [0.15, 0.2) is 57.8 Å². The first-order chi connectivity index (χ1) is 15.5. The van der Waals surface area contributed by atoms with Crippen LogP contribution in [0, 0.1) is 0 Å². The van der Waals surface area contributed by atoms with E-state index >= 15 is 0 Å². The maximum Gasteiger partial charge on any atom is 0.249 e. The molecule has 6 nitrogen and oxygen atoms in total. The van der Waals surface area contributed by atoms with Crippen LogP contribution in [-0.4, -0.2) is 29.0 Å². The average molecular weight is 472 g/mol. The maximum atomic E-state index is 13.5. The molecule has 1 aromatic heterocycles. The van der Waals surface area contributed by atoms with E-state index in [4.69, 9.17) is 16.0 Å². The molecule has 2 aliphatic carbocycles. The maximum absolute atomic E-state index is 13.5. The number of halogens is 1. The second-order valence-electron chi connectivity index (χ2n) is 8.67. The Morgan fingerprint density at radius 2 is 1.66 bits per heavy atom. The Morgan fingerprint density at radius 1 is 0.938 bits per heavy atom. The number of nitrogens with zero attached hydrogens (tertiary/aromatic N) is 3. The zero-order valence-electron chi connectivity index (χ0n) is 17.8. The van der Waals surface area contributed by atoms with Crippen LogP contribution in [-0.2, 0) is 16.6 Å². The van der Waals surface area contributed by atoms with E-state index in [0.717, 1.165) is 12.8 Å². The van der Waals surface area contributed by atoms with Gasteiger partial charge in [-0.25, -0.2) is 8.42 Å². The Bertz CT molecular complexity index is 1180. The molecule has 8 heteroatoms. The summed E-state index contributed by atoms with van der Waals surface area (Å²) >= 11 is 6.22. The molecule has 0 amide bonds. The molecule has 0 spiro atoms. The largest absolute Gasteiger partial charge is 0.419 e. The first-order valence-electron chi connectivity index (χ1n) is 11.2. The summed E-state index contributed by atoms with van der Waals surface area (Å²) < 4.78 is 34.2. The molecule has 2 fully saturated rings. The lowest BCUT2D eigenvalue weighted by Gasteiger charge is -2.23. The molecule has 0 atom stereocenters. The van der Waals surface area contributed by atoms with Gasteiger partial charge in [0.05, 0.1) is 22.0 Å². The van der Waals surface area contributed by atoms with E-state index in [-0.39, 0.29) is 24.4 Å². The van der Waals surface area contributed by atoms with Crippen LogP contribution in [0.4, 0.5) is 0 Å². The van der Waals surface area contributed by atoms with Gasteiger partial charge in [-0.3, -0.25) is 0 Å². The summed E-state index contributed by atoms with van der Waals surface area (Å²) in [5.41, 5.74) is 1.87. The van der Waals surface area contributed by atoms with Gasteiger partial charge in [0.2, 0.25) is 21.8 Å². The van der Waals surface area contributed by atoms with Crippen molar-refractivity contribution in [3.63, 3.8) is 0 Å². The molecule has 0 aliphatic heterocycles. The highest BCUT2D eigenvalue weighted by molar-refractivity contribution is 7.89. The third kappa shape index (κ3) is 4.47. The van der Waals surface area contributed by atoms with Crippen LogP contribution >= 0.6 is 11.6 Å². The smallest absolute Gasteiger partial charge is 0.249 e. The van der Waals surface area contributed by atoms with E-state index in [1.54, 1.807) is 24.3 Å². The van der Waals surface area contributed by atoms with Crippen molar-refractivity contribution >= 4 is 21.6 Å². The second kappa shape index (κ2) is 8.96. The van der Waals surface area contributed by atoms with Crippen LogP contribution < -0.4 is 0 Å². The molecule has 32 heavy (non-hydrogen) atoms. The minimum Gasteiger partial charge on any atom is -0.419 e. The fourth-order valence-corrected chi connectivity index (χ4v) is 6.30. The van der Waals surface area contributed by atoms with Gasteiger partial charge < -0.3 is 4.42 Å². The molecular weight excluding hydrogens is 446 g/mol. The fraction of sp³-hybridized carbons (Fsp3) is 0.417. The van der Waals surface area contributed by atoms with Gasteiger partial charge in [-0.2, -0.15) is 4.31 Å². The SMILES string of the molecule is O=S(=O)(c1ccc(C2CCCCC2)cc1)N(Cc1nnc(-c2ccccc2Cl)o1)C1CC1. The number of aromatic nitrogens is 2. The highest BCUT2D eigenvalue weighted by Crippen LogP contribution is 2.36. The molecule has 168 valence electrons. The van der Waals surface area contributed by atoms with Gasteiger partial charge in [-0.1, -0.05) is 55.1 Å². The Kier molecular flexibility index (Phi) is 6.05. The average Bonchev–Trinajstić information content (AvgIpc) is 3.55. The van der Waals surface area contributed by atoms with E-state index in [1.165, 1.54) is 42.0 Å². The summed E-state index contributed by atoms with van der Waals surface area (Å²) in [6.07, 6.45) is 7.85. The molecule has 2 aromatic carbocycles. The number of benzene rings is 2. The summed E-state index contributed by atoms with van der Waals surface area (Å²) in [4.78, 5) is 0.315. The normalized spacial score (nSPS) is 17.7. The third-order valence-electron chi connectivity index (χ3n) is 6.38. The molecule has 3 aromatic rings. The molecule has 2 saturated carbocycles. The molecule has 5 rings (SSSR count). The standard InChI is InChI=1S/C24H26ClN3O3S/c25-22-9-5-4-8-21(22)24-27-26-23(31-24)16-28(19-12-13-19)32(29,30)20-14-10-18(11-15-20)17-6-2-1-3-7-17/h4-5,8-11,14-15,17,19H,1-3,6-7,12-13,16H2. The van der Waals surface area contributed by atoms with Gasteiger partial charge >= 0.3 is 0 Å². The molecule has 1 heterocycles. The van der Waals surface area contributed by atoms with Crippen LogP contribution in [0.1, 0.15) is 62.3 Å². The van der Waals surface area contributed by atoms with Gasteiger partial charge in [0.25, 0.3) is 0 Å². The first kappa shape index (κ1) is 21.6. The lowest BCUT2D eigenvalue weighted by molar-refractivity contribution is 0.351. The van der Waals surface area contributed by atoms with Crippen molar-refractivity contribution in [1.82, 2.24) is 14.5 Å². The van der Waals surface area contributed by atoms with E-state index in [1.807, 2.05) is 24.3 Å². The third-order valence-corrected chi connectivity index (χ3v) is 8.62. The van der Waals surface area contributed by atoms with Crippen LogP contribution in [0.3, 0.4) is 0 Å². The highest BCUT2D eigenvalue weighted by Gasteiger charge is 2.39. The van der Waals surface area contributed by atoms with Crippen molar-refractivity contribution in [1.29, 1.82) is 0 Å². The lowest BCUT2D eigenvalue weighted by Crippen LogP contribution is -2.32. The molecule has 2 aliphatic rings. The van der Waals surface area contributed by atoms with Gasteiger partial charge in [0.15, 0.2) is 0 Å². The van der Waals surface area contributed by atoms with E-state index in [0.29, 0.717) is 21.4 Å². The van der Waals surface area contributed by atoms with Crippen LogP contribution in [0.25, 0.3) is 11.5 Å². The predicted octanol–water partition coefficient (Wildman–Crippen LogP) is 5.79. The monoisotopic (exact) mass is 471 g/mol. The Balaban J connectivity index is 1.36. The Labute approximate surface area is 193 Å². The molecule has 0 saturated heterocycles. The topological polar surface area (TPSA) is 76.3 Å². The van der Waals surface area contributed by atoms with Crippen molar-refractivity contribution in [2.45, 2.75) is 68.3 Å². The molecular formula is C24H26ClN3O3S. The van der Waals surface area contributed by atoms with Gasteiger partial charge in [0.1, 0.15) is 0 Å². The summed E-state index contributed by atoms with van der Waals surface area (Å²) in [6, 6.07) is 14.6. The quantitative estimate of drug-likeness (QED) is 0.435. The molecule has 0 radical (unpaired) electrons. The van der Waals surface area contributed by atoms with Crippen molar-refractivity contribution in [3.8, 4) is 11.5 Å². The Morgan fingerprint density at radius 3 is 2.34 bits per heavy atom. The van der Waals surface area contributed by atoms with Gasteiger partial charge in [0, 0.05) is 6.04 Å². The minimum atomic E-state index is -3.67. The number of sulfonamides is 1. The summed E-state index contributed by atoms with van der Waals surface area (Å²) in [5, 5.41) is 8.67. The van der Waals surface area contributed by atoms with Crippen molar-refractivity contribution < 1.29 is 12.8 Å². The van der Waals surface area contributed by atoms with Crippen molar-refractivity contribution in [2.75, 3.05) is 0 Å². The van der Waals surface area contributed by atoms with E-state index in [9.17, 15) is 8.42 Å². The van der Waals surface area contributed by atoms with E-state index < -0.39 is 10.0 Å². The molecule has 0 unspecified atom stereocenters. The van der Waals surface area contributed by atoms with Gasteiger partial charge in [-0.15, -0.1) is 10.2 Å². The fourth-order valence-electron chi connectivity index (χ4n) is 4.45. The predicted molar refractivity (Wildman–Crippen MR) is 123 cm³/mol. The minimum absolute atomic E-state index is 0.0336. The van der Waals surface area contributed by atoms with Gasteiger partial charge in [-0.05, 0) is 61.4 Å². The molecule has 0 N–H and O–H groups in total. The van der Waals surface area contributed by atoms with Crippen LogP contribution in [0.5, 0.6) is 0 Å². The van der Waals surface area contributed by atoms with Crippen LogP contribution in [0.2, 0.25) is 5.02 Å². The van der Waals surface area contributed by atoms with Crippen molar-refractivity contribution in [3.05, 3.63) is 65.0 Å². The number of rotatable bonds is 7. The number of hydrogen-bond donors (Lipinski definition) is 0. The number of hydrogen-bond acceptors (Lipinski definition) is 5. The Hall–Kier alpha value is -2.22. The van der Waals surface area contributed by atoms with E-state index in [2.05, 4.69) is 10.2 Å². The zero-order valence-corrected chi connectivity index (χ0v) is 19.4. The lowest BCUT2D eigenvalue weighted by atomic mass is 9.84. The summed E-state index contributed by atoms with van der Waals surface area (Å²) in [6.45, 7) is 0.0504. The van der Waals surface area contributed by atoms with Crippen molar-refractivity contribution in [2.24, 2.45) is 0 Å². The highest BCUT2D eigenvalue weighted by atomic mass is 35.5. The summed E-state index contributed by atoms with van der Waals surface area (Å²) in [7, 11) is -3.67. The summed E-state index contributed by atoms with van der Waals surface area (Å²) in [5.74, 6) is 1.09. The zero-order chi connectivity index (χ0) is 22.1.